The number of ether oxygens (including phenoxy) is 2. The van der Waals surface area contributed by atoms with Gasteiger partial charge in [0.2, 0.25) is 0 Å². The third-order valence-electron chi connectivity index (χ3n) is 5.58. The zero-order valence-corrected chi connectivity index (χ0v) is 17.1. The van der Waals surface area contributed by atoms with E-state index in [1.54, 1.807) is 14.2 Å². The van der Waals surface area contributed by atoms with E-state index in [1.165, 1.54) is 6.08 Å². The largest absolute Gasteiger partial charge is 0.493 e. The molecule has 0 spiro atoms. The summed E-state index contributed by atoms with van der Waals surface area (Å²) < 4.78 is 11.3. The van der Waals surface area contributed by atoms with Gasteiger partial charge in [-0.3, -0.25) is 4.79 Å². The zero-order chi connectivity index (χ0) is 20.4. The maximum absolute atomic E-state index is 12.4. The van der Waals surface area contributed by atoms with Gasteiger partial charge in [0.25, 0.3) is 0 Å². The van der Waals surface area contributed by atoms with Crippen LogP contribution >= 0.6 is 0 Å². The van der Waals surface area contributed by atoms with Crippen LogP contribution in [0.1, 0.15) is 57.6 Å². The maximum Gasteiger partial charge on any atom is 0.328 e. The van der Waals surface area contributed by atoms with Gasteiger partial charge in [0.1, 0.15) is 5.78 Å². The summed E-state index contributed by atoms with van der Waals surface area (Å²) >= 11 is 0. The average Bonchev–Trinajstić information content (AvgIpc) is 2.60. The number of methoxy groups -OCH3 is 2. The second-order valence-corrected chi connectivity index (χ2v) is 7.96. The minimum atomic E-state index is -1.02. The fraction of sp³-hybridized carbons (Fsp3) is 0.545. The van der Waals surface area contributed by atoms with Gasteiger partial charge in [0.15, 0.2) is 11.5 Å². The first-order chi connectivity index (χ1) is 12.6. The highest BCUT2D eigenvalue weighted by molar-refractivity contribution is 5.91. The van der Waals surface area contributed by atoms with E-state index < -0.39 is 11.4 Å². The molecular formula is C22H30O5. The summed E-state index contributed by atoms with van der Waals surface area (Å²) in [5.41, 5.74) is 1.94. The molecule has 1 atom stereocenters. The zero-order valence-electron chi connectivity index (χ0n) is 17.1. The first-order valence-electron chi connectivity index (χ1n) is 9.35. The van der Waals surface area contributed by atoms with E-state index in [-0.39, 0.29) is 17.6 Å². The SMILES string of the molecule is COc1c(CC2CCC(=O)C(C)(C)/C2=C/C(=O)O)ccc(C(C)C)c1OC. The van der Waals surface area contributed by atoms with Crippen LogP contribution in [0.25, 0.3) is 0 Å². The third-order valence-corrected chi connectivity index (χ3v) is 5.58. The number of carbonyl (C=O) groups excluding carboxylic acids is 1. The first-order valence-corrected chi connectivity index (χ1v) is 9.35. The number of carboxylic acid groups (broad SMARTS) is 1. The van der Waals surface area contributed by atoms with E-state index in [2.05, 4.69) is 13.8 Å². The van der Waals surface area contributed by atoms with Gasteiger partial charge >= 0.3 is 5.97 Å². The Kier molecular flexibility index (Phi) is 6.34. The van der Waals surface area contributed by atoms with Gasteiger partial charge in [0.05, 0.1) is 14.2 Å². The van der Waals surface area contributed by atoms with Crippen molar-refractivity contribution >= 4 is 11.8 Å². The number of rotatable bonds is 6. The van der Waals surface area contributed by atoms with Crippen LogP contribution in [0.4, 0.5) is 0 Å². The number of hydrogen-bond donors (Lipinski definition) is 1. The van der Waals surface area contributed by atoms with E-state index in [4.69, 9.17) is 9.47 Å². The molecule has 1 aromatic carbocycles. The van der Waals surface area contributed by atoms with Crippen molar-refractivity contribution in [3.8, 4) is 11.5 Å². The van der Waals surface area contributed by atoms with E-state index in [0.717, 1.165) is 16.9 Å². The molecule has 0 saturated heterocycles. The fourth-order valence-corrected chi connectivity index (χ4v) is 4.02. The predicted molar refractivity (Wildman–Crippen MR) is 105 cm³/mol. The smallest absolute Gasteiger partial charge is 0.328 e. The Hall–Kier alpha value is -2.30. The summed E-state index contributed by atoms with van der Waals surface area (Å²) in [6.45, 7) is 7.83. The molecular weight excluding hydrogens is 344 g/mol. The molecule has 148 valence electrons. The molecule has 1 fully saturated rings. The van der Waals surface area contributed by atoms with Gasteiger partial charge in [-0.25, -0.2) is 4.79 Å². The molecule has 0 aromatic heterocycles. The molecule has 0 radical (unpaired) electrons. The molecule has 1 aromatic rings. The van der Waals surface area contributed by atoms with Crippen LogP contribution < -0.4 is 9.47 Å². The molecule has 2 rings (SSSR count). The van der Waals surface area contributed by atoms with Crippen molar-refractivity contribution in [2.75, 3.05) is 14.2 Å². The molecule has 1 unspecified atom stereocenters. The van der Waals surface area contributed by atoms with Crippen LogP contribution in [-0.4, -0.2) is 31.1 Å². The number of carboxylic acids is 1. The molecule has 1 saturated carbocycles. The molecule has 1 aliphatic rings. The molecule has 0 bridgehead atoms. The van der Waals surface area contributed by atoms with Gasteiger partial charge in [0, 0.05) is 23.5 Å². The molecule has 0 heterocycles. The lowest BCUT2D eigenvalue weighted by Crippen LogP contribution is -2.36. The van der Waals surface area contributed by atoms with Gasteiger partial charge < -0.3 is 14.6 Å². The topological polar surface area (TPSA) is 72.8 Å². The summed E-state index contributed by atoms with van der Waals surface area (Å²) in [7, 11) is 3.25. The average molecular weight is 374 g/mol. The minimum Gasteiger partial charge on any atom is -0.493 e. The molecule has 0 aliphatic heterocycles. The monoisotopic (exact) mass is 374 g/mol. The number of aliphatic carboxylic acids is 1. The van der Waals surface area contributed by atoms with Crippen LogP contribution in [0.2, 0.25) is 0 Å². The molecule has 0 amide bonds. The lowest BCUT2D eigenvalue weighted by atomic mass is 9.65. The second-order valence-electron chi connectivity index (χ2n) is 7.96. The summed E-state index contributed by atoms with van der Waals surface area (Å²) in [6.07, 6.45) is 2.92. The number of hydrogen-bond acceptors (Lipinski definition) is 4. The Morgan fingerprint density at radius 2 is 1.89 bits per heavy atom. The van der Waals surface area contributed by atoms with Crippen molar-refractivity contribution < 1.29 is 24.2 Å². The van der Waals surface area contributed by atoms with Crippen molar-refractivity contribution in [1.29, 1.82) is 0 Å². The number of allylic oxidation sites excluding steroid dienone is 1. The molecule has 27 heavy (non-hydrogen) atoms. The normalized spacial score (nSPS) is 20.8. The van der Waals surface area contributed by atoms with Crippen LogP contribution in [0, 0.1) is 11.3 Å². The van der Waals surface area contributed by atoms with Crippen molar-refractivity contribution in [3.05, 3.63) is 34.9 Å². The van der Waals surface area contributed by atoms with Crippen molar-refractivity contribution in [3.63, 3.8) is 0 Å². The van der Waals surface area contributed by atoms with Gasteiger partial charge in [-0.05, 0) is 49.7 Å². The van der Waals surface area contributed by atoms with Gasteiger partial charge in [-0.2, -0.15) is 0 Å². The number of benzene rings is 1. The Labute approximate surface area is 161 Å². The standard InChI is InChI=1S/C22H30O5/c1-13(2)16-9-7-15(20(26-5)21(16)27-6)11-14-8-10-18(23)22(3,4)17(14)12-19(24)25/h7,9,12-14H,8,10-11H2,1-6H3,(H,24,25)/b17-12+. The van der Waals surface area contributed by atoms with Crippen LogP contribution in [0.3, 0.4) is 0 Å². The Morgan fingerprint density at radius 3 is 2.41 bits per heavy atom. The van der Waals surface area contributed by atoms with Gasteiger partial charge in [-0.1, -0.05) is 26.0 Å². The summed E-state index contributed by atoms with van der Waals surface area (Å²) in [5.74, 6) is 0.741. The summed E-state index contributed by atoms with van der Waals surface area (Å²) in [6, 6.07) is 4.07. The van der Waals surface area contributed by atoms with Crippen LogP contribution in [0.15, 0.2) is 23.8 Å². The Balaban J connectivity index is 2.48. The first kappa shape index (κ1) is 21.0. The lowest BCUT2D eigenvalue weighted by molar-refractivity contribution is -0.131. The lowest BCUT2D eigenvalue weighted by Gasteiger charge is -2.37. The van der Waals surface area contributed by atoms with E-state index in [9.17, 15) is 14.7 Å². The molecule has 5 nitrogen and oxygen atoms in total. The number of Topliss-reactive ketones (excluding diaryl/α,β-unsaturated/α-hetero) is 1. The van der Waals surface area contributed by atoms with Crippen molar-refractivity contribution in [1.82, 2.24) is 0 Å². The van der Waals surface area contributed by atoms with E-state index >= 15 is 0 Å². The highest BCUT2D eigenvalue weighted by atomic mass is 16.5. The Bertz CT molecular complexity index is 758. The van der Waals surface area contributed by atoms with Crippen molar-refractivity contribution in [2.45, 2.75) is 52.9 Å². The summed E-state index contributed by atoms with van der Waals surface area (Å²) in [4.78, 5) is 23.7. The quantitative estimate of drug-likeness (QED) is 0.748. The molecule has 1 aliphatic carbocycles. The van der Waals surface area contributed by atoms with Gasteiger partial charge in [-0.15, -0.1) is 0 Å². The molecule has 5 heteroatoms. The second kappa shape index (κ2) is 8.15. The highest BCUT2D eigenvalue weighted by Gasteiger charge is 2.40. The van der Waals surface area contributed by atoms with E-state index in [0.29, 0.717) is 30.6 Å². The third kappa shape index (κ3) is 4.18. The molecule has 1 N–H and O–H groups in total. The van der Waals surface area contributed by atoms with Crippen molar-refractivity contribution in [2.24, 2.45) is 11.3 Å². The van der Waals surface area contributed by atoms with Crippen LogP contribution in [-0.2, 0) is 16.0 Å². The highest BCUT2D eigenvalue weighted by Crippen LogP contribution is 2.45. The summed E-state index contributed by atoms with van der Waals surface area (Å²) in [5, 5.41) is 9.32. The maximum atomic E-state index is 12.4. The minimum absolute atomic E-state index is 0.0303. The predicted octanol–water partition coefficient (Wildman–Crippen LogP) is 4.39. The number of carbonyl (C=O) groups is 2. The Morgan fingerprint density at radius 1 is 1.26 bits per heavy atom. The number of ketones is 1. The van der Waals surface area contributed by atoms with Crippen LogP contribution in [0.5, 0.6) is 11.5 Å². The fourth-order valence-electron chi connectivity index (χ4n) is 4.02. The van der Waals surface area contributed by atoms with E-state index in [1.807, 2.05) is 26.0 Å².